The van der Waals surface area contributed by atoms with Crippen molar-refractivity contribution in [3.05, 3.63) is 29.8 Å². The van der Waals surface area contributed by atoms with E-state index < -0.39 is 0 Å². The maximum absolute atomic E-state index is 12.6. The van der Waals surface area contributed by atoms with E-state index >= 15 is 0 Å². The molecule has 0 saturated carbocycles. The van der Waals surface area contributed by atoms with Gasteiger partial charge in [0.1, 0.15) is 0 Å². The Kier molecular flexibility index (Phi) is 4.60. The Hall–Kier alpha value is -1.55. The Morgan fingerprint density at radius 2 is 1.71 bits per heavy atom. The van der Waals surface area contributed by atoms with Gasteiger partial charge in [0.15, 0.2) is 0 Å². The van der Waals surface area contributed by atoms with Gasteiger partial charge in [-0.05, 0) is 77.6 Å². The molecule has 1 unspecified atom stereocenters. The summed E-state index contributed by atoms with van der Waals surface area (Å²) in [5.74, 6) is -0.0143. The lowest BCUT2D eigenvalue weighted by atomic mass is 9.94. The first kappa shape index (κ1) is 17.3. The minimum Gasteiger partial charge on any atom is -0.372 e. The zero-order valence-corrected chi connectivity index (χ0v) is 15.4. The smallest absolute Gasteiger partial charge is 0.251 e. The molecule has 4 nitrogen and oxygen atoms in total. The van der Waals surface area contributed by atoms with Crippen molar-refractivity contribution in [1.82, 2.24) is 5.32 Å². The summed E-state index contributed by atoms with van der Waals surface area (Å²) in [5.41, 5.74) is 1.40. The van der Waals surface area contributed by atoms with E-state index in [9.17, 15) is 4.79 Å². The van der Waals surface area contributed by atoms with Gasteiger partial charge in [-0.15, -0.1) is 0 Å². The monoisotopic (exact) mass is 330 g/mol. The van der Waals surface area contributed by atoms with Crippen LogP contribution >= 0.6 is 0 Å². The van der Waals surface area contributed by atoms with Crippen molar-refractivity contribution in [3.8, 4) is 0 Å². The van der Waals surface area contributed by atoms with Gasteiger partial charge in [-0.1, -0.05) is 0 Å². The Labute approximate surface area is 145 Å². The molecule has 2 fully saturated rings. The van der Waals surface area contributed by atoms with Gasteiger partial charge >= 0.3 is 0 Å². The third-order valence-electron chi connectivity index (χ3n) is 5.23. The Bertz CT molecular complexity index is 586. The van der Waals surface area contributed by atoms with Crippen LogP contribution < -0.4 is 10.2 Å². The van der Waals surface area contributed by atoms with E-state index in [1.165, 1.54) is 24.9 Å². The molecule has 1 atom stereocenters. The molecule has 2 saturated heterocycles. The molecule has 2 aliphatic rings. The van der Waals surface area contributed by atoms with Crippen molar-refractivity contribution < 1.29 is 9.53 Å². The molecule has 4 heteroatoms. The average Bonchev–Trinajstić information content (AvgIpc) is 2.75. The van der Waals surface area contributed by atoms with Crippen molar-refractivity contribution >= 4 is 11.6 Å². The molecule has 132 valence electrons. The van der Waals surface area contributed by atoms with E-state index in [0.717, 1.165) is 25.1 Å². The normalized spacial score (nSPS) is 25.5. The number of nitrogens with one attached hydrogen (secondary N) is 1. The predicted octanol–water partition coefficient (Wildman–Crippen LogP) is 3.75. The lowest BCUT2D eigenvalue weighted by molar-refractivity contribution is -0.0693. The number of benzene rings is 1. The molecule has 0 spiro atoms. The van der Waals surface area contributed by atoms with Crippen LogP contribution in [0.3, 0.4) is 0 Å². The second-order valence-electron chi connectivity index (χ2n) is 8.29. The van der Waals surface area contributed by atoms with Crippen LogP contribution in [-0.2, 0) is 4.74 Å². The average molecular weight is 330 g/mol. The Morgan fingerprint density at radius 1 is 1.08 bits per heavy atom. The fraction of sp³-hybridized carbons (Fsp3) is 0.650. The number of anilines is 1. The second-order valence-corrected chi connectivity index (χ2v) is 8.29. The first-order valence-electron chi connectivity index (χ1n) is 9.13. The van der Waals surface area contributed by atoms with Crippen molar-refractivity contribution in [2.24, 2.45) is 0 Å². The van der Waals surface area contributed by atoms with Crippen molar-refractivity contribution in [3.63, 3.8) is 0 Å². The van der Waals surface area contributed by atoms with Gasteiger partial charge in [-0.25, -0.2) is 0 Å². The highest BCUT2D eigenvalue weighted by atomic mass is 16.5. The molecular weight excluding hydrogens is 300 g/mol. The summed E-state index contributed by atoms with van der Waals surface area (Å²) in [7, 11) is 0. The van der Waals surface area contributed by atoms with Crippen LogP contribution in [0, 0.1) is 0 Å². The molecule has 1 aromatic carbocycles. The highest BCUT2D eigenvalue weighted by Gasteiger charge is 2.46. The number of carbonyl (C=O) groups excluding carboxylic acids is 1. The fourth-order valence-electron chi connectivity index (χ4n) is 4.00. The number of nitrogens with zero attached hydrogens (tertiary/aromatic N) is 1. The molecule has 0 aliphatic carbocycles. The first-order valence-corrected chi connectivity index (χ1v) is 9.13. The van der Waals surface area contributed by atoms with Crippen LogP contribution in [-0.4, -0.2) is 36.2 Å². The third kappa shape index (κ3) is 3.75. The molecule has 0 radical (unpaired) electrons. The molecule has 1 aromatic rings. The lowest BCUT2D eigenvalue weighted by Crippen LogP contribution is -2.46. The molecule has 24 heavy (non-hydrogen) atoms. The Morgan fingerprint density at radius 3 is 2.25 bits per heavy atom. The number of hydrogen-bond donors (Lipinski definition) is 1. The van der Waals surface area contributed by atoms with Crippen LogP contribution in [0.25, 0.3) is 0 Å². The van der Waals surface area contributed by atoms with E-state index in [1.807, 2.05) is 26.0 Å². The van der Waals surface area contributed by atoms with Gasteiger partial charge in [0, 0.05) is 24.3 Å². The number of ether oxygens (including phenoxy) is 1. The number of piperidine rings is 1. The van der Waals surface area contributed by atoms with Crippen LogP contribution in [0.4, 0.5) is 5.69 Å². The van der Waals surface area contributed by atoms with Crippen LogP contribution in [0.2, 0.25) is 0 Å². The third-order valence-corrected chi connectivity index (χ3v) is 5.23. The highest BCUT2D eigenvalue weighted by molar-refractivity contribution is 5.94. The van der Waals surface area contributed by atoms with Crippen molar-refractivity contribution in [1.29, 1.82) is 0 Å². The van der Waals surface area contributed by atoms with E-state index in [2.05, 4.69) is 36.2 Å². The van der Waals surface area contributed by atoms with Crippen LogP contribution in [0.15, 0.2) is 24.3 Å². The molecule has 2 heterocycles. The standard InChI is InChI=1S/C20H30N2O2/c1-19(2)14-17(20(3,4)24-19)21-18(23)15-8-10-16(11-9-15)22-12-6-5-7-13-22/h8-11,17H,5-7,12-14H2,1-4H3,(H,21,23). The van der Waals surface area contributed by atoms with Gasteiger partial charge in [0.05, 0.1) is 17.2 Å². The molecule has 3 rings (SSSR count). The second kappa shape index (κ2) is 6.40. The SMILES string of the molecule is CC1(C)CC(NC(=O)c2ccc(N3CCCCC3)cc2)C(C)(C)O1. The van der Waals surface area contributed by atoms with Gasteiger partial charge in [-0.2, -0.15) is 0 Å². The molecule has 0 bridgehead atoms. The zero-order chi connectivity index (χ0) is 17.4. The Balaban J connectivity index is 1.65. The van der Waals surface area contributed by atoms with Crippen molar-refractivity contribution in [2.45, 2.75) is 70.6 Å². The summed E-state index contributed by atoms with van der Waals surface area (Å²) in [6.45, 7) is 10.5. The number of amides is 1. The lowest BCUT2D eigenvalue weighted by Gasteiger charge is -2.29. The predicted molar refractivity (Wildman–Crippen MR) is 97.6 cm³/mol. The quantitative estimate of drug-likeness (QED) is 0.917. The number of rotatable bonds is 3. The number of hydrogen-bond acceptors (Lipinski definition) is 3. The van der Waals surface area contributed by atoms with Crippen LogP contribution in [0.1, 0.15) is 63.7 Å². The topological polar surface area (TPSA) is 41.6 Å². The van der Waals surface area contributed by atoms with Gasteiger partial charge in [0.2, 0.25) is 0 Å². The maximum atomic E-state index is 12.6. The summed E-state index contributed by atoms with van der Waals surface area (Å²) in [5, 5.41) is 3.16. The highest BCUT2D eigenvalue weighted by Crippen LogP contribution is 2.37. The molecule has 2 aliphatic heterocycles. The van der Waals surface area contributed by atoms with Gasteiger partial charge in [0.25, 0.3) is 5.91 Å². The van der Waals surface area contributed by atoms with Gasteiger partial charge in [-0.3, -0.25) is 4.79 Å². The minimum atomic E-state index is -0.340. The van der Waals surface area contributed by atoms with E-state index in [0.29, 0.717) is 0 Å². The summed E-state index contributed by atoms with van der Waals surface area (Å²) < 4.78 is 6.06. The maximum Gasteiger partial charge on any atom is 0.251 e. The molecule has 0 aromatic heterocycles. The van der Waals surface area contributed by atoms with Gasteiger partial charge < -0.3 is 15.0 Å². The molecule has 1 amide bonds. The first-order chi connectivity index (χ1) is 11.3. The summed E-state index contributed by atoms with van der Waals surface area (Å²) >= 11 is 0. The molecular formula is C20H30N2O2. The summed E-state index contributed by atoms with van der Waals surface area (Å²) in [6.07, 6.45) is 4.67. The molecule has 1 N–H and O–H groups in total. The van der Waals surface area contributed by atoms with E-state index in [4.69, 9.17) is 4.74 Å². The number of carbonyl (C=O) groups is 1. The zero-order valence-electron chi connectivity index (χ0n) is 15.4. The fourth-order valence-corrected chi connectivity index (χ4v) is 4.00. The van der Waals surface area contributed by atoms with Crippen molar-refractivity contribution in [2.75, 3.05) is 18.0 Å². The van der Waals surface area contributed by atoms with Crippen LogP contribution in [0.5, 0.6) is 0 Å². The summed E-state index contributed by atoms with van der Waals surface area (Å²) in [6, 6.07) is 8.04. The largest absolute Gasteiger partial charge is 0.372 e. The minimum absolute atomic E-state index is 0.0143. The summed E-state index contributed by atoms with van der Waals surface area (Å²) in [4.78, 5) is 15.0. The van der Waals surface area contributed by atoms with E-state index in [1.54, 1.807) is 0 Å². The van der Waals surface area contributed by atoms with E-state index in [-0.39, 0.29) is 23.2 Å².